The maximum absolute atomic E-state index is 12.9. The molecule has 30 heavy (non-hydrogen) atoms. The highest BCUT2D eigenvalue weighted by Crippen LogP contribution is 2.22. The summed E-state index contributed by atoms with van der Waals surface area (Å²) < 4.78 is 33.0. The number of ether oxygens (including phenoxy) is 1. The number of halogens is 1. The molecule has 0 radical (unpaired) electrons. The van der Waals surface area contributed by atoms with Crippen molar-refractivity contribution >= 4 is 27.5 Å². The van der Waals surface area contributed by atoms with Crippen LogP contribution in [0.25, 0.3) is 0 Å². The van der Waals surface area contributed by atoms with Gasteiger partial charge < -0.3 is 10.1 Å². The number of carbonyl (C=O) groups is 1. The predicted molar refractivity (Wildman–Crippen MR) is 118 cm³/mol. The summed E-state index contributed by atoms with van der Waals surface area (Å²) in [5.74, 6) is 0.291. The molecule has 0 bridgehead atoms. The Morgan fingerprint density at radius 3 is 2.53 bits per heavy atom. The molecule has 6 nitrogen and oxygen atoms in total. The molecule has 162 valence electrons. The van der Waals surface area contributed by atoms with Crippen molar-refractivity contribution in [3.05, 3.63) is 58.6 Å². The van der Waals surface area contributed by atoms with Crippen molar-refractivity contribution in [3.63, 3.8) is 0 Å². The summed E-state index contributed by atoms with van der Waals surface area (Å²) in [4.78, 5) is 12.6. The van der Waals surface area contributed by atoms with E-state index in [2.05, 4.69) is 5.32 Å². The third-order valence-corrected chi connectivity index (χ3v) is 7.40. The van der Waals surface area contributed by atoms with Crippen LogP contribution in [0, 0.1) is 6.92 Å². The van der Waals surface area contributed by atoms with Gasteiger partial charge in [0.1, 0.15) is 12.4 Å². The van der Waals surface area contributed by atoms with Crippen molar-refractivity contribution in [3.8, 4) is 5.75 Å². The lowest BCUT2D eigenvalue weighted by Crippen LogP contribution is -2.32. The standard InChI is InChI=1S/C22H27ClN2O4S/c1-17-9-10-19(16-21(17)23)29-14-11-24-22(26)18-7-6-8-20(15-18)30(27,28)25-12-4-2-3-5-13-25/h6-10,15-16H,2-5,11-14H2,1H3,(H,24,26). The summed E-state index contributed by atoms with van der Waals surface area (Å²) >= 11 is 6.07. The number of hydrogen-bond acceptors (Lipinski definition) is 4. The van der Waals surface area contributed by atoms with E-state index in [9.17, 15) is 13.2 Å². The molecule has 8 heteroatoms. The Balaban J connectivity index is 1.58. The van der Waals surface area contributed by atoms with Gasteiger partial charge >= 0.3 is 0 Å². The summed E-state index contributed by atoms with van der Waals surface area (Å²) in [5.41, 5.74) is 1.27. The molecule has 1 fully saturated rings. The van der Waals surface area contributed by atoms with E-state index in [-0.39, 0.29) is 24.0 Å². The van der Waals surface area contributed by atoms with Crippen LogP contribution in [0.4, 0.5) is 0 Å². The molecule has 2 aromatic carbocycles. The largest absolute Gasteiger partial charge is 0.492 e. The molecule has 0 aromatic heterocycles. The predicted octanol–water partition coefficient (Wildman–Crippen LogP) is 4.02. The van der Waals surface area contributed by atoms with Crippen molar-refractivity contribution < 1.29 is 17.9 Å². The van der Waals surface area contributed by atoms with Crippen LogP contribution in [0.15, 0.2) is 47.4 Å². The molecule has 1 amide bonds. The molecule has 0 aliphatic carbocycles. The zero-order valence-electron chi connectivity index (χ0n) is 17.1. The van der Waals surface area contributed by atoms with Gasteiger partial charge in [-0.15, -0.1) is 0 Å². The first-order chi connectivity index (χ1) is 14.4. The average Bonchev–Trinajstić information content (AvgIpc) is 3.04. The zero-order valence-corrected chi connectivity index (χ0v) is 18.6. The van der Waals surface area contributed by atoms with Crippen LogP contribution < -0.4 is 10.1 Å². The summed E-state index contributed by atoms with van der Waals surface area (Å²) in [5, 5.41) is 3.38. The van der Waals surface area contributed by atoms with Crippen LogP contribution in [-0.2, 0) is 10.0 Å². The van der Waals surface area contributed by atoms with E-state index in [4.69, 9.17) is 16.3 Å². The lowest BCUT2D eigenvalue weighted by Gasteiger charge is -2.20. The molecule has 1 aliphatic heterocycles. The topological polar surface area (TPSA) is 75.7 Å². The second-order valence-electron chi connectivity index (χ2n) is 7.36. The summed E-state index contributed by atoms with van der Waals surface area (Å²) in [7, 11) is -3.59. The highest BCUT2D eigenvalue weighted by molar-refractivity contribution is 7.89. The van der Waals surface area contributed by atoms with Crippen LogP contribution >= 0.6 is 11.6 Å². The van der Waals surface area contributed by atoms with Gasteiger partial charge in [-0.25, -0.2) is 8.42 Å². The zero-order chi connectivity index (χ0) is 21.6. The Morgan fingerprint density at radius 1 is 1.10 bits per heavy atom. The van der Waals surface area contributed by atoms with Crippen LogP contribution in [0.5, 0.6) is 5.75 Å². The molecular formula is C22H27ClN2O4S. The van der Waals surface area contributed by atoms with Crippen molar-refractivity contribution in [1.82, 2.24) is 9.62 Å². The number of carbonyl (C=O) groups excluding carboxylic acids is 1. The molecule has 1 heterocycles. The monoisotopic (exact) mass is 450 g/mol. The number of amides is 1. The van der Waals surface area contributed by atoms with E-state index in [0.717, 1.165) is 31.2 Å². The second-order valence-corrected chi connectivity index (χ2v) is 9.71. The first-order valence-electron chi connectivity index (χ1n) is 10.2. The third-order valence-electron chi connectivity index (χ3n) is 5.10. The SMILES string of the molecule is Cc1ccc(OCCNC(=O)c2cccc(S(=O)(=O)N3CCCCCC3)c2)cc1Cl. The minimum Gasteiger partial charge on any atom is -0.492 e. The van der Waals surface area contributed by atoms with E-state index >= 15 is 0 Å². The number of rotatable bonds is 7. The number of hydrogen-bond donors (Lipinski definition) is 1. The molecule has 0 saturated carbocycles. The lowest BCUT2D eigenvalue weighted by molar-refractivity contribution is 0.0946. The van der Waals surface area contributed by atoms with Crippen LogP contribution in [0.1, 0.15) is 41.6 Å². The molecule has 2 aromatic rings. The lowest BCUT2D eigenvalue weighted by atomic mass is 10.2. The summed E-state index contributed by atoms with van der Waals surface area (Å²) in [6.07, 6.45) is 3.83. The maximum atomic E-state index is 12.9. The quantitative estimate of drug-likeness (QED) is 0.646. The fourth-order valence-electron chi connectivity index (χ4n) is 3.33. The number of nitrogens with zero attached hydrogens (tertiary/aromatic N) is 1. The van der Waals surface area contributed by atoms with Crippen molar-refractivity contribution in [2.45, 2.75) is 37.5 Å². The van der Waals surface area contributed by atoms with Gasteiger partial charge in [-0.3, -0.25) is 4.79 Å². The third kappa shape index (κ3) is 5.74. The molecule has 0 unspecified atom stereocenters. The van der Waals surface area contributed by atoms with Crippen LogP contribution in [0.2, 0.25) is 5.02 Å². The number of benzene rings is 2. The molecule has 1 N–H and O–H groups in total. The van der Waals surface area contributed by atoms with Crippen molar-refractivity contribution in [2.75, 3.05) is 26.2 Å². The number of sulfonamides is 1. The molecule has 1 aliphatic rings. The van der Waals surface area contributed by atoms with Crippen LogP contribution in [-0.4, -0.2) is 44.9 Å². The minimum absolute atomic E-state index is 0.155. The highest BCUT2D eigenvalue weighted by Gasteiger charge is 2.25. The number of aryl methyl sites for hydroxylation is 1. The van der Waals surface area contributed by atoms with E-state index < -0.39 is 10.0 Å². The maximum Gasteiger partial charge on any atom is 0.251 e. The molecular weight excluding hydrogens is 424 g/mol. The Hall–Kier alpha value is -2.09. The van der Waals surface area contributed by atoms with E-state index in [1.54, 1.807) is 24.3 Å². The van der Waals surface area contributed by atoms with Gasteiger partial charge in [-0.2, -0.15) is 4.31 Å². The minimum atomic E-state index is -3.59. The fraction of sp³-hybridized carbons (Fsp3) is 0.409. The Bertz CT molecular complexity index is 986. The second kappa shape index (κ2) is 10.3. The molecule has 0 spiro atoms. The molecule has 1 saturated heterocycles. The molecule has 0 atom stereocenters. The Labute approximate surface area is 183 Å². The normalized spacial score (nSPS) is 15.4. The average molecular weight is 451 g/mol. The van der Waals surface area contributed by atoms with Crippen LogP contribution in [0.3, 0.4) is 0 Å². The van der Waals surface area contributed by atoms with Gasteiger partial charge in [0.05, 0.1) is 11.4 Å². The highest BCUT2D eigenvalue weighted by atomic mass is 35.5. The first kappa shape index (κ1) is 22.6. The van der Waals surface area contributed by atoms with Gasteiger partial charge in [0.2, 0.25) is 10.0 Å². The summed E-state index contributed by atoms with van der Waals surface area (Å²) in [6, 6.07) is 11.6. The van der Waals surface area contributed by atoms with Gasteiger partial charge in [-0.05, 0) is 55.7 Å². The van der Waals surface area contributed by atoms with Crippen molar-refractivity contribution in [2.24, 2.45) is 0 Å². The Morgan fingerprint density at radius 2 is 1.83 bits per heavy atom. The fourth-order valence-corrected chi connectivity index (χ4v) is 5.06. The van der Waals surface area contributed by atoms with Crippen molar-refractivity contribution in [1.29, 1.82) is 0 Å². The van der Waals surface area contributed by atoms with Gasteiger partial charge in [0, 0.05) is 23.7 Å². The van der Waals surface area contributed by atoms with Gasteiger partial charge in [0.25, 0.3) is 5.91 Å². The van der Waals surface area contributed by atoms with Gasteiger partial charge in [0.15, 0.2) is 0 Å². The number of nitrogens with one attached hydrogen (secondary N) is 1. The van der Waals surface area contributed by atoms with E-state index in [1.807, 2.05) is 19.1 Å². The Kier molecular flexibility index (Phi) is 7.75. The smallest absolute Gasteiger partial charge is 0.251 e. The van der Waals surface area contributed by atoms with E-state index in [0.29, 0.717) is 29.4 Å². The summed E-state index contributed by atoms with van der Waals surface area (Å²) in [6.45, 7) is 3.52. The first-order valence-corrected chi connectivity index (χ1v) is 12.0. The molecule has 3 rings (SSSR count). The van der Waals surface area contributed by atoms with E-state index in [1.165, 1.54) is 10.4 Å². The van der Waals surface area contributed by atoms with Gasteiger partial charge in [-0.1, -0.05) is 36.6 Å².